The highest BCUT2D eigenvalue weighted by Gasteiger charge is 2.74. The number of ether oxygens (including phenoxy) is 2. The van der Waals surface area contributed by atoms with Crippen molar-refractivity contribution in [3.05, 3.63) is 47.5 Å². The molecule has 2 heterocycles. The number of aliphatic carboxylic acids is 1. The molecule has 0 spiro atoms. The average molecular weight is 485 g/mol. The van der Waals surface area contributed by atoms with E-state index < -0.39 is 52.2 Å². The first-order valence-corrected chi connectivity index (χ1v) is 12.0. The van der Waals surface area contributed by atoms with Gasteiger partial charge in [-0.05, 0) is 49.5 Å². The predicted molar refractivity (Wildman–Crippen MR) is 123 cm³/mol. The molecular weight excluding hydrogens is 452 g/mol. The molecule has 2 N–H and O–H groups in total. The fourth-order valence-corrected chi connectivity index (χ4v) is 8.22. The summed E-state index contributed by atoms with van der Waals surface area (Å²) in [6.45, 7) is 7.29. The van der Waals surface area contributed by atoms with E-state index >= 15 is 0 Å². The lowest BCUT2D eigenvalue weighted by molar-refractivity contribution is -0.215. The molecule has 188 valence electrons. The Morgan fingerprint density at radius 2 is 1.94 bits per heavy atom. The van der Waals surface area contributed by atoms with Crippen molar-refractivity contribution in [2.75, 3.05) is 7.11 Å². The summed E-state index contributed by atoms with van der Waals surface area (Å²) in [6, 6.07) is 1.91. The summed E-state index contributed by atoms with van der Waals surface area (Å²) in [5.74, 6) is -3.50. The van der Waals surface area contributed by atoms with Crippen molar-refractivity contribution in [1.29, 1.82) is 0 Å². The van der Waals surface area contributed by atoms with Crippen molar-refractivity contribution in [1.82, 2.24) is 0 Å². The number of methoxy groups -OCH3 is 1. The molecule has 35 heavy (non-hydrogen) atoms. The van der Waals surface area contributed by atoms with Crippen molar-refractivity contribution < 1.29 is 38.5 Å². The number of allylic oxidation sites excluding steroid dienone is 2. The van der Waals surface area contributed by atoms with Gasteiger partial charge in [0.2, 0.25) is 0 Å². The van der Waals surface area contributed by atoms with Crippen LogP contribution in [-0.4, -0.2) is 53.4 Å². The van der Waals surface area contributed by atoms with Gasteiger partial charge in [0.1, 0.15) is 0 Å². The van der Waals surface area contributed by atoms with Gasteiger partial charge < -0.3 is 24.1 Å². The zero-order valence-electron chi connectivity index (χ0n) is 20.6. The van der Waals surface area contributed by atoms with Crippen molar-refractivity contribution in [3.63, 3.8) is 0 Å². The number of rotatable bonds is 4. The summed E-state index contributed by atoms with van der Waals surface area (Å²) < 4.78 is 16.9. The van der Waals surface area contributed by atoms with E-state index in [2.05, 4.69) is 0 Å². The zero-order chi connectivity index (χ0) is 25.5. The number of hydrogen-bond donors (Lipinski definition) is 2. The quantitative estimate of drug-likeness (QED) is 0.493. The predicted octanol–water partition coefficient (Wildman–Crippen LogP) is 3.26. The lowest BCUT2D eigenvalue weighted by atomic mass is 9.41. The van der Waals surface area contributed by atoms with Crippen LogP contribution in [0.4, 0.5) is 0 Å². The molecular formula is C27H32O8. The molecule has 0 amide bonds. The van der Waals surface area contributed by atoms with Crippen molar-refractivity contribution in [2.45, 2.75) is 64.8 Å². The first kappa shape index (κ1) is 24.0. The second-order valence-corrected chi connectivity index (χ2v) is 11.1. The monoisotopic (exact) mass is 484 g/mol. The maximum absolute atomic E-state index is 13.6. The summed E-state index contributed by atoms with van der Waals surface area (Å²) in [4.78, 5) is 38.8. The van der Waals surface area contributed by atoms with Gasteiger partial charge >= 0.3 is 11.9 Å². The molecule has 4 aliphatic rings. The SMILES string of the molecule is COC(=O)[C@]1(C)C=CC(=O)[C@]2(C)[C@@H](CC(=O)O)[C@]3(C)C4=C(C)[C@H](c5ccoc5)C[C@H]4O[C@@H]3[C@H](O)[C@H]21. The third kappa shape index (κ3) is 2.90. The van der Waals surface area contributed by atoms with Crippen molar-refractivity contribution in [2.24, 2.45) is 28.1 Å². The Kier molecular flexibility index (Phi) is 5.24. The molecule has 1 aliphatic heterocycles. The number of esters is 1. The van der Waals surface area contributed by atoms with Crippen LogP contribution in [0.15, 0.2) is 46.3 Å². The summed E-state index contributed by atoms with van der Waals surface area (Å²) >= 11 is 0. The molecule has 1 aromatic rings. The summed E-state index contributed by atoms with van der Waals surface area (Å²) in [7, 11) is 1.27. The molecule has 0 radical (unpaired) electrons. The van der Waals surface area contributed by atoms with Gasteiger partial charge in [-0.15, -0.1) is 0 Å². The molecule has 8 heteroatoms. The molecule has 2 fully saturated rings. The van der Waals surface area contributed by atoms with Gasteiger partial charge in [0.25, 0.3) is 0 Å². The van der Waals surface area contributed by atoms with Crippen LogP contribution in [0.5, 0.6) is 0 Å². The minimum atomic E-state index is -1.33. The second kappa shape index (κ2) is 7.64. The average Bonchev–Trinajstić information content (AvgIpc) is 3.51. The third-order valence-corrected chi connectivity index (χ3v) is 9.65. The number of hydrogen-bond acceptors (Lipinski definition) is 7. The molecule has 1 saturated carbocycles. The zero-order valence-corrected chi connectivity index (χ0v) is 20.6. The highest BCUT2D eigenvalue weighted by molar-refractivity contribution is 5.99. The Morgan fingerprint density at radius 3 is 2.54 bits per heavy atom. The van der Waals surface area contributed by atoms with Crippen LogP contribution in [0.3, 0.4) is 0 Å². The fourth-order valence-electron chi connectivity index (χ4n) is 8.22. The molecule has 0 unspecified atom stereocenters. The molecule has 1 aromatic heterocycles. The molecule has 8 nitrogen and oxygen atoms in total. The standard InChI is InChI=1S/C27H32O8/c1-13-15(14-7-9-34-12-14)10-16-20(13)27(4)17(11-19(29)30)26(3)18(28)6-8-25(2,24(32)33-5)22(26)21(31)23(27)35-16/h6-9,12,15-17,21-23,31H,10-11H2,1-5H3,(H,29,30)/t15-,16-,17-,21-,22+,23-,25-,26+,27-/m1/s1. The lowest BCUT2D eigenvalue weighted by Gasteiger charge is -2.61. The Labute approximate surface area is 204 Å². The first-order chi connectivity index (χ1) is 16.4. The van der Waals surface area contributed by atoms with E-state index in [1.165, 1.54) is 19.3 Å². The second-order valence-electron chi connectivity index (χ2n) is 11.1. The smallest absolute Gasteiger partial charge is 0.315 e. The Morgan fingerprint density at radius 1 is 1.23 bits per heavy atom. The van der Waals surface area contributed by atoms with Gasteiger partial charge in [0.15, 0.2) is 5.78 Å². The van der Waals surface area contributed by atoms with Crippen LogP contribution in [0.25, 0.3) is 0 Å². The minimum absolute atomic E-state index is 0.0435. The summed E-state index contributed by atoms with van der Waals surface area (Å²) in [6.07, 6.45) is 4.23. The largest absolute Gasteiger partial charge is 0.481 e. The summed E-state index contributed by atoms with van der Waals surface area (Å²) in [5.41, 5.74) is -0.549. The number of carbonyl (C=O) groups is 3. The van der Waals surface area contributed by atoms with E-state index in [4.69, 9.17) is 13.9 Å². The highest BCUT2D eigenvalue weighted by atomic mass is 16.5. The maximum Gasteiger partial charge on any atom is 0.315 e. The van der Waals surface area contributed by atoms with E-state index in [1.807, 2.05) is 19.9 Å². The normalized spacial score (nSPS) is 44.1. The van der Waals surface area contributed by atoms with Gasteiger partial charge in [-0.25, -0.2) is 0 Å². The number of carboxylic acid groups (broad SMARTS) is 1. The van der Waals surface area contributed by atoms with Crippen LogP contribution in [0, 0.1) is 28.1 Å². The van der Waals surface area contributed by atoms with Gasteiger partial charge in [-0.2, -0.15) is 0 Å². The van der Waals surface area contributed by atoms with Crippen LogP contribution in [0.2, 0.25) is 0 Å². The Balaban J connectivity index is 1.73. The number of carbonyl (C=O) groups excluding carboxylic acids is 2. The van der Waals surface area contributed by atoms with Gasteiger partial charge in [-0.1, -0.05) is 25.5 Å². The van der Waals surface area contributed by atoms with Crippen LogP contribution in [-0.2, 0) is 23.9 Å². The number of aliphatic hydroxyl groups excluding tert-OH is 1. The number of furan rings is 1. The molecule has 9 atom stereocenters. The topological polar surface area (TPSA) is 123 Å². The number of aliphatic hydroxyl groups is 1. The third-order valence-electron chi connectivity index (χ3n) is 9.65. The van der Waals surface area contributed by atoms with E-state index in [1.54, 1.807) is 26.4 Å². The van der Waals surface area contributed by atoms with Crippen molar-refractivity contribution >= 4 is 17.7 Å². The number of fused-ring (bicyclic) bond motifs is 4. The summed E-state index contributed by atoms with van der Waals surface area (Å²) in [5, 5.41) is 21.8. The van der Waals surface area contributed by atoms with E-state index in [0.717, 1.165) is 16.7 Å². The fraction of sp³-hybridized carbons (Fsp3) is 0.593. The first-order valence-electron chi connectivity index (χ1n) is 12.0. The Bertz CT molecular complexity index is 1150. The number of ketones is 1. The van der Waals surface area contributed by atoms with E-state index in [0.29, 0.717) is 6.42 Å². The van der Waals surface area contributed by atoms with Crippen LogP contribution < -0.4 is 0 Å². The molecule has 3 aliphatic carbocycles. The molecule has 0 bridgehead atoms. The van der Waals surface area contributed by atoms with Gasteiger partial charge in [-0.3, -0.25) is 14.4 Å². The molecule has 0 aromatic carbocycles. The highest BCUT2D eigenvalue weighted by Crippen LogP contribution is 2.69. The van der Waals surface area contributed by atoms with Gasteiger partial charge in [0, 0.05) is 22.7 Å². The maximum atomic E-state index is 13.6. The van der Waals surface area contributed by atoms with Crippen LogP contribution in [0.1, 0.15) is 52.0 Å². The number of carboxylic acids is 1. The lowest BCUT2D eigenvalue weighted by Crippen LogP contribution is -2.69. The Hall–Kier alpha value is -2.71. The van der Waals surface area contributed by atoms with Crippen LogP contribution >= 0.6 is 0 Å². The van der Waals surface area contributed by atoms with Gasteiger partial charge in [0.05, 0.1) is 49.8 Å². The molecule has 1 saturated heterocycles. The van der Waals surface area contributed by atoms with Crippen molar-refractivity contribution in [3.8, 4) is 0 Å². The molecule has 5 rings (SSSR count). The minimum Gasteiger partial charge on any atom is -0.481 e. The van der Waals surface area contributed by atoms with E-state index in [9.17, 15) is 24.6 Å². The van der Waals surface area contributed by atoms with E-state index in [-0.39, 0.29) is 24.2 Å².